The van der Waals surface area contributed by atoms with Gasteiger partial charge >= 0.3 is 0 Å². The van der Waals surface area contributed by atoms with Crippen LogP contribution < -0.4 is 15.0 Å². The van der Waals surface area contributed by atoms with Crippen molar-refractivity contribution >= 4 is 46.3 Å². The van der Waals surface area contributed by atoms with Crippen LogP contribution in [0.5, 0.6) is 5.75 Å². The van der Waals surface area contributed by atoms with E-state index in [2.05, 4.69) is 17.2 Å². The molecule has 1 fully saturated rings. The molecule has 0 spiro atoms. The Hall–Kier alpha value is -3.03. The SMILES string of the molecule is CCc1cccc(N2C(=O)/C(=C\c3ccc(OCc4csc(C)n4)cc3)NC2=S)c1. The molecule has 0 atom stereocenters. The number of hydrogen-bond donors (Lipinski definition) is 1. The summed E-state index contributed by atoms with van der Waals surface area (Å²) in [6.45, 7) is 4.49. The van der Waals surface area contributed by atoms with Crippen molar-refractivity contribution in [1.82, 2.24) is 10.3 Å². The Morgan fingerprint density at radius 3 is 2.73 bits per heavy atom. The minimum atomic E-state index is -0.160. The number of thiazole rings is 1. The largest absolute Gasteiger partial charge is 0.487 e. The molecule has 2 aromatic carbocycles. The molecular weight excluding hydrogens is 414 g/mol. The summed E-state index contributed by atoms with van der Waals surface area (Å²) in [7, 11) is 0. The van der Waals surface area contributed by atoms with Crippen LogP contribution in [0.1, 0.15) is 28.8 Å². The number of rotatable bonds is 6. The van der Waals surface area contributed by atoms with E-state index in [1.54, 1.807) is 17.4 Å². The summed E-state index contributed by atoms with van der Waals surface area (Å²) >= 11 is 7.01. The van der Waals surface area contributed by atoms with Gasteiger partial charge in [0.2, 0.25) is 0 Å². The molecule has 1 saturated heterocycles. The smallest absolute Gasteiger partial charge is 0.281 e. The first kappa shape index (κ1) is 20.3. The van der Waals surface area contributed by atoms with Crippen LogP contribution in [0.4, 0.5) is 5.69 Å². The molecule has 3 aromatic rings. The highest BCUT2D eigenvalue weighted by atomic mass is 32.1. The fraction of sp³-hybridized carbons (Fsp3) is 0.174. The second-order valence-electron chi connectivity index (χ2n) is 6.87. The van der Waals surface area contributed by atoms with Crippen molar-refractivity contribution in [3.8, 4) is 5.75 Å². The van der Waals surface area contributed by atoms with Gasteiger partial charge in [-0.2, -0.15) is 0 Å². The van der Waals surface area contributed by atoms with Gasteiger partial charge in [-0.1, -0.05) is 31.2 Å². The lowest BCUT2D eigenvalue weighted by atomic mass is 10.1. The lowest BCUT2D eigenvalue weighted by Gasteiger charge is -2.14. The maximum absolute atomic E-state index is 12.9. The number of nitrogens with zero attached hydrogens (tertiary/aromatic N) is 2. The maximum Gasteiger partial charge on any atom is 0.281 e. The van der Waals surface area contributed by atoms with Crippen LogP contribution in [0.25, 0.3) is 6.08 Å². The highest BCUT2D eigenvalue weighted by Gasteiger charge is 2.31. The van der Waals surface area contributed by atoms with E-state index in [0.717, 1.165) is 39.7 Å². The predicted molar refractivity (Wildman–Crippen MR) is 125 cm³/mol. The topological polar surface area (TPSA) is 54.5 Å². The Balaban J connectivity index is 1.46. The van der Waals surface area contributed by atoms with Gasteiger partial charge in [-0.15, -0.1) is 11.3 Å². The van der Waals surface area contributed by atoms with E-state index >= 15 is 0 Å². The van der Waals surface area contributed by atoms with Gasteiger partial charge in [0.15, 0.2) is 5.11 Å². The zero-order valence-electron chi connectivity index (χ0n) is 16.7. The number of amides is 1. The molecule has 0 radical (unpaired) electrons. The molecule has 7 heteroatoms. The van der Waals surface area contributed by atoms with Crippen molar-refractivity contribution in [1.29, 1.82) is 0 Å². The number of hydrogen-bond acceptors (Lipinski definition) is 5. The van der Waals surface area contributed by atoms with E-state index in [9.17, 15) is 4.79 Å². The number of carbonyl (C=O) groups excluding carboxylic acids is 1. The van der Waals surface area contributed by atoms with Crippen LogP contribution in [0, 0.1) is 6.92 Å². The van der Waals surface area contributed by atoms with Crippen LogP contribution >= 0.6 is 23.6 Å². The van der Waals surface area contributed by atoms with Gasteiger partial charge in [0, 0.05) is 5.38 Å². The molecule has 152 valence electrons. The highest BCUT2D eigenvalue weighted by molar-refractivity contribution is 7.80. The summed E-state index contributed by atoms with van der Waals surface area (Å²) in [5, 5.41) is 6.44. The van der Waals surface area contributed by atoms with Crippen LogP contribution in [0.2, 0.25) is 0 Å². The van der Waals surface area contributed by atoms with Gasteiger partial charge < -0.3 is 10.1 Å². The molecule has 1 aliphatic rings. The van der Waals surface area contributed by atoms with Gasteiger partial charge in [0.25, 0.3) is 5.91 Å². The third-order valence-corrected chi connectivity index (χ3v) is 5.81. The number of benzene rings is 2. The van der Waals surface area contributed by atoms with Crippen LogP contribution in [0.15, 0.2) is 59.6 Å². The molecule has 1 aliphatic heterocycles. The Morgan fingerprint density at radius 1 is 1.23 bits per heavy atom. The number of aryl methyl sites for hydroxylation is 2. The van der Waals surface area contributed by atoms with E-state index in [0.29, 0.717) is 17.4 Å². The number of anilines is 1. The first-order valence-electron chi connectivity index (χ1n) is 9.63. The maximum atomic E-state index is 12.9. The standard InChI is InChI=1S/C23H21N3O2S2/c1-3-16-5-4-6-19(11-16)26-22(27)21(25-23(26)29)12-17-7-9-20(10-8-17)28-13-18-14-30-15(2)24-18/h4-12,14H,3,13H2,1-2H3,(H,25,29)/b21-12+. The molecule has 0 saturated carbocycles. The number of ether oxygens (including phenoxy) is 1. The molecule has 1 amide bonds. The van der Waals surface area contributed by atoms with Gasteiger partial charge in [-0.05, 0) is 67.0 Å². The zero-order chi connectivity index (χ0) is 21.1. The fourth-order valence-electron chi connectivity index (χ4n) is 3.14. The van der Waals surface area contributed by atoms with Crippen LogP contribution in [-0.4, -0.2) is 16.0 Å². The van der Waals surface area contributed by atoms with Crippen molar-refractivity contribution in [2.24, 2.45) is 0 Å². The molecule has 4 rings (SSSR count). The molecule has 0 unspecified atom stereocenters. The molecule has 1 N–H and O–H groups in total. The molecule has 0 aliphatic carbocycles. The van der Waals surface area contributed by atoms with E-state index in [4.69, 9.17) is 17.0 Å². The fourth-order valence-corrected chi connectivity index (χ4v) is 4.04. The van der Waals surface area contributed by atoms with Gasteiger partial charge in [0.05, 0.1) is 16.4 Å². The Kier molecular flexibility index (Phi) is 5.92. The summed E-state index contributed by atoms with van der Waals surface area (Å²) in [5.74, 6) is 0.592. The Labute approximate surface area is 185 Å². The van der Waals surface area contributed by atoms with Crippen LogP contribution in [0.3, 0.4) is 0 Å². The van der Waals surface area contributed by atoms with Gasteiger partial charge in [0.1, 0.15) is 18.1 Å². The Morgan fingerprint density at radius 2 is 2.03 bits per heavy atom. The summed E-state index contributed by atoms with van der Waals surface area (Å²) in [5.41, 5.74) is 4.19. The summed E-state index contributed by atoms with van der Waals surface area (Å²) in [6, 6.07) is 15.4. The number of nitrogens with one attached hydrogen (secondary N) is 1. The van der Waals surface area contributed by atoms with E-state index in [1.165, 1.54) is 4.90 Å². The summed E-state index contributed by atoms with van der Waals surface area (Å²) in [6.07, 6.45) is 2.70. The van der Waals surface area contributed by atoms with E-state index < -0.39 is 0 Å². The predicted octanol–water partition coefficient (Wildman–Crippen LogP) is 4.86. The molecule has 0 bridgehead atoms. The number of aromatic nitrogens is 1. The third kappa shape index (κ3) is 4.42. The van der Waals surface area contributed by atoms with Crippen molar-refractivity contribution in [2.45, 2.75) is 26.9 Å². The molecular formula is C23H21N3O2S2. The van der Waals surface area contributed by atoms with Gasteiger partial charge in [-0.25, -0.2) is 4.98 Å². The van der Waals surface area contributed by atoms with Gasteiger partial charge in [-0.3, -0.25) is 9.69 Å². The second kappa shape index (κ2) is 8.77. The molecule has 1 aromatic heterocycles. The quantitative estimate of drug-likeness (QED) is 0.443. The molecule has 2 heterocycles. The van der Waals surface area contributed by atoms with Crippen molar-refractivity contribution in [2.75, 3.05) is 4.90 Å². The van der Waals surface area contributed by atoms with Crippen molar-refractivity contribution in [3.63, 3.8) is 0 Å². The number of thiocarbonyl (C=S) groups is 1. The van der Waals surface area contributed by atoms with Crippen LogP contribution in [-0.2, 0) is 17.8 Å². The average Bonchev–Trinajstić information content (AvgIpc) is 3.29. The van der Waals surface area contributed by atoms with Crippen molar-refractivity contribution < 1.29 is 9.53 Å². The highest BCUT2D eigenvalue weighted by Crippen LogP contribution is 2.24. The lowest BCUT2D eigenvalue weighted by molar-refractivity contribution is -0.113. The first-order valence-corrected chi connectivity index (χ1v) is 10.9. The third-order valence-electron chi connectivity index (χ3n) is 4.70. The molecule has 30 heavy (non-hydrogen) atoms. The monoisotopic (exact) mass is 435 g/mol. The normalized spacial score (nSPS) is 15.0. The first-order chi connectivity index (χ1) is 14.5. The number of carbonyl (C=O) groups is 1. The summed E-state index contributed by atoms with van der Waals surface area (Å²) < 4.78 is 5.78. The zero-order valence-corrected chi connectivity index (χ0v) is 18.3. The average molecular weight is 436 g/mol. The minimum absolute atomic E-state index is 0.160. The van der Waals surface area contributed by atoms with Crippen molar-refractivity contribution in [3.05, 3.63) is 81.4 Å². The van der Waals surface area contributed by atoms with E-state index in [-0.39, 0.29) is 5.91 Å². The lowest BCUT2D eigenvalue weighted by Crippen LogP contribution is -2.30. The van der Waals surface area contributed by atoms with E-state index in [1.807, 2.05) is 60.8 Å². The molecule has 5 nitrogen and oxygen atoms in total. The second-order valence-corrected chi connectivity index (χ2v) is 8.32. The minimum Gasteiger partial charge on any atom is -0.487 e. The Bertz CT molecular complexity index is 1120. The summed E-state index contributed by atoms with van der Waals surface area (Å²) in [4.78, 5) is 18.9.